The molecular weight excluding hydrogens is 339 g/mol. The van der Waals surface area contributed by atoms with Crippen molar-refractivity contribution >= 4 is 11.8 Å². The molecule has 6 nitrogen and oxygen atoms in total. The van der Waals surface area contributed by atoms with Gasteiger partial charge < -0.3 is 9.47 Å². The average Bonchev–Trinajstić information content (AvgIpc) is 2.63. The fourth-order valence-electron chi connectivity index (χ4n) is 2.04. The number of amides is 2. The second-order valence-electron chi connectivity index (χ2n) is 5.74. The summed E-state index contributed by atoms with van der Waals surface area (Å²) in [5.74, 6) is -0.493. The van der Waals surface area contributed by atoms with Gasteiger partial charge in [0.25, 0.3) is 11.8 Å². The highest BCUT2D eigenvalue weighted by Gasteiger charge is 2.16. The van der Waals surface area contributed by atoms with Crippen LogP contribution in [0.1, 0.15) is 18.1 Å². The second kappa shape index (κ2) is 8.84. The van der Waals surface area contributed by atoms with E-state index >= 15 is 0 Å². The maximum atomic E-state index is 12.8. The van der Waals surface area contributed by atoms with Crippen LogP contribution in [0.25, 0.3) is 0 Å². The van der Waals surface area contributed by atoms with Gasteiger partial charge in [0.2, 0.25) is 0 Å². The third kappa shape index (κ3) is 5.47. The molecule has 1 atom stereocenters. The van der Waals surface area contributed by atoms with Crippen LogP contribution in [0.3, 0.4) is 0 Å². The van der Waals surface area contributed by atoms with Crippen molar-refractivity contribution in [1.29, 1.82) is 0 Å². The van der Waals surface area contributed by atoms with Gasteiger partial charge in [-0.3, -0.25) is 20.4 Å². The Balaban J connectivity index is 1.77. The number of hydrogen-bond acceptors (Lipinski definition) is 4. The van der Waals surface area contributed by atoms with Gasteiger partial charge in [0.15, 0.2) is 12.7 Å². The number of aryl methyl sites for hydroxylation is 1. The van der Waals surface area contributed by atoms with Crippen LogP contribution < -0.4 is 20.3 Å². The summed E-state index contributed by atoms with van der Waals surface area (Å²) < 4.78 is 23.6. The van der Waals surface area contributed by atoms with Gasteiger partial charge in [-0.2, -0.15) is 0 Å². The molecule has 26 heavy (non-hydrogen) atoms. The number of carbonyl (C=O) groups excluding carboxylic acids is 2. The van der Waals surface area contributed by atoms with E-state index in [4.69, 9.17) is 9.47 Å². The lowest BCUT2D eigenvalue weighted by Gasteiger charge is -2.17. The Hall–Kier alpha value is -3.09. The molecule has 0 saturated carbocycles. The first-order valence-corrected chi connectivity index (χ1v) is 8.06. The molecule has 0 aromatic heterocycles. The Bertz CT molecular complexity index is 778. The lowest BCUT2D eigenvalue weighted by Crippen LogP contribution is -2.48. The molecule has 2 rings (SSSR count). The van der Waals surface area contributed by atoms with Crippen LogP contribution in [0, 0.1) is 19.7 Å². The molecule has 138 valence electrons. The van der Waals surface area contributed by atoms with Crippen LogP contribution in [0.15, 0.2) is 42.5 Å². The number of halogens is 1. The van der Waals surface area contributed by atoms with E-state index in [0.29, 0.717) is 11.5 Å². The molecule has 0 heterocycles. The minimum absolute atomic E-state index is 0.321. The third-order valence-corrected chi connectivity index (χ3v) is 3.74. The van der Waals surface area contributed by atoms with Crippen LogP contribution >= 0.6 is 0 Å². The van der Waals surface area contributed by atoms with Gasteiger partial charge in [0.05, 0.1) is 0 Å². The Morgan fingerprint density at radius 1 is 1.08 bits per heavy atom. The van der Waals surface area contributed by atoms with Crippen LogP contribution in [-0.4, -0.2) is 24.5 Å². The summed E-state index contributed by atoms with van der Waals surface area (Å²) >= 11 is 0. The molecule has 7 heteroatoms. The normalized spacial score (nSPS) is 11.4. The molecule has 0 aliphatic rings. The maximum Gasteiger partial charge on any atom is 0.279 e. The van der Waals surface area contributed by atoms with Gasteiger partial charge in [-0.1, -0.05) is 12.1 Å². The molecule has 2 aromatic carbocycles. The molecule has 0 spiro atoms. The molecule has 0 saturated heterocycles. The zero-order valence-electron chi connectivity index (χ0n) is 14.8. The predicted molar refractivity (Wildman–Crippen MR) is 94.2 cm³/mol. The number of hydrogen-bond donors (Lipinski definition) is 2. The minimum atomic E-state index is -0.797. The Morgan fingerprint density at radius 3 is 2.46 bits per heavy atom. The van der Waals surface area contributed by atoms with Gasteiger partial charge in [-0.15, -0.1) is 0 Å². The molecule has 0 radical (unpaired) electrons. The largest absolute Gasteiger partial charge is 0.484 e. The second-order valence-corrected chi connectivity index (χ2v) is 5.74. The smallest absolute Gasteiger partial charge is 0.279 e. The SMILES string of the molecule is Cc1cccc(O[C@@H](C)C(=O)NNC(=O)COc2ccc(F)cc2)c1C. The van der Waals surface area contributed by atoms with E-state index in [2.05, 4.69) is 10.9 Å². The van der Waals surface area contributed by atoms with Gasteiger partial charge >= 0.3 is 0 Å². The van der Waals surface area contributed by atoms with E-state index in [1.165, 1.54) is 24.3 Å². The van der Waals surface area contributed by atoms with Crippen LogP contribution in [-0.2, 0) is 9.59 Å². The summed E-state index contributed by atoms with van der Waals surface area (Å²) in [6.45, 7) is 5.12. The Labute approximate surface area is 151 Å². The molecule has 0 aliphatic heterocycles. The fraction of sp³-hybridized carbons (Fsp3) is 0.263. The number of ether oxygens (including phenoxy) is 2. The van der Waals surface area contributed by atoms with Crippen molar-refractivity contribution in [3.8, 4) is 11.5 Å². The quantitative estimate of drug-likeness (QED) is 0.776. The van der Waals surface area contributed by atoms with Crippen molar-refractivity contribution in [3.05, 3.63) is 59.4 Å². The van der Waals surface area contributed by atoms with Crippen molar-refractivity contribution in [2.75, 3.05) is 6.61 Å². The summed E-state index contributed by atoms with van der Waals surface area (Å²) in [7, 11) is 0. The molecule has 0 unspecified atom stereocenters. The minimum Gasteiger partial charge on any atom is -0.484 e. The van der Waals surface area contributed by atoms with E-state index in [9.17, 15) is 14.0 Å². The molecule has 0 bridgehead atoms. The summed E-state index contributed by atoms with van der Waals surface area (Å²) in [6.07, 6.45) is -0.797. The first-order chi connectivity index (χ1) is 12.4. The summed E-state index contributed by atoms with van der Waals surface area (Å²) in [5, 5.41) is 0. The summed E-state index contributed by atoms with van der Waals surface area (Å²) in [4.78, 5) is 23.7. The van der Waals surface area contributed by atoms with Gasteiger partial charge in [-0.05, 0) is 62.2 Å². The highest BCUT2D eigenvalue weighted by molar-refractivity contribution is 5.85. The molecule has 2 amide bonds. The molecule has 2 N–H and O–H groups in total. The fourth-order valence-corrected chi connectivity index (χ4v) is 2.04. The van der Waals surface area contributed by atoms with Crippen LogP contribution in [0.2, 0.25) is 0 Å². The number of benzene rings is 2. The van der Waals surface area contributed by atoms with Crippen molar-refractivity contribution in [3.63, 3.8) is 0 Å². The van der Waals surface area contributed by atoms with Gasteiger partial charge in [-0.25, -0.2) is 4.39 Å². The highest BCUT2D eigenvalue weighted by atomic mass is 19.1. The predicted octanol–water partition coefficient (Wildman–Crippen LogP) is 2.44. The molecule has 2 aromatic rings. The number of carbonyl (C=O) groups is 2. The third-order valence-electron chi connectivity index (χ3n) is 3.74. The number of hydrazine groups is 1. The first-order valence-electron chi connectivity index (χ1n) is 8.06. The van der Waals surface area contributed by atoms with E-state index in [0.717, 1.165) is 11.1 Å². The van der Waals surface area contributed by atoms with Gasteiger partial charge in [0, 0.05) is 0 Å². The summed E-state index contributed by atoms with van der Waals surface area (Å²) in [6, 6.07) is 10.8. The highest BCUT2D eigenvalue weighted by Crippen LogP contribution is 2.21. The Kier molecular flexibility index (Phi) is 6.54. The number of nitrogens with one attached hydrogen (secondary N) is 2. The van der Waals surface area contributed by atoms with Crippen molar-refractivity contribution in [2.24, 2.45) is 0 Å². The monoisotopic (exact) mass is 360 g/mol. The average molecular weight is 360 g/mol. The standard InChI is InChI=1S/C19H21FN2O4/c1-12-5-4-6-17(13(12)2)26-14(3)19(24)22-21-18(23)11-25-16-9-7-15(20)8-10-16/h4-10,14H,11H2,1-3H3,(H,21,23)(H,22,24)/t14-/m0/s1. The molecule has 0 aliphatic carbocycles. The topological polar surface area (TPSA) is 76.7 Å². The maximum absolute atomic E-state index is 12.8. The zero-order chi connectivity index (χ0) is 19.1. The van der Waals surface area contributed by atoms with Crippen molar-refractivity contribution in [2.45, 2.75) is 26.9 Å². The number of rotatable bonds is 6. The van der Waals surface area contributed by atoms with Crippen molar-refractivity contribution in [1.82, 2.24) is 10.9 Å². The summed E-state index contributed by atoms with van der Waals surface area (Å²) in [5.41, 5.74) is 6.52. The van der Waals surface area contributed by atoms with E-state index in [-0.39, 0.29) is 6.61 Å². The van der Waals surface area contributed by atoms with E-state index < -0.39 is 23.7 Å². The molecule has 0 fully saturated rings. The van der Waals surface area contributed by atoms with Gasteiger partial charge in [0.1, 0.15) is 17.3 Å². The molecular formula is C19H21FN2O4. The lowest BCUT2D eigenvalue weighted by molar-refractivity contribution is -0.133. The van der Waals surface area contributed by atoms with Crippen molar-refractivity contribution < 1.29 is 23.5 Å². The van der Waals surface area contributed by atoms with E-state index in [1.807, 2.05) is 26.0 Å². The zero-order valence-corrected chi connectivity index (χ0v) is 14.8. The van der Waals surface area contributed by atoms with Crippen LogP contribution in [0.4, 0.5) is 4.39 Å². The van der Waals surface area contributed by atoms with Crippen LogP contribution in [0.5, 0.6) is 11.5 Å². The Morgan fingerprint density at radius 2 is 1.77 bits per heavy atom. The van der Waals surface area contributed by atoms with E-state index in [1.54, 1.807) is 13.0 Å². The lowest BCUT2D eigenvalue weighted by atomic mass is 10.1. The first kappa shape index (κ1) is 19.2.